The summed E-state index contributed by atoms with van der Waals surface area (Å²) >= 11 is 0.209. The van der Waals surface area contributed by atoms with Crippen molar-refractivity contribution in [1.29, 1.82) is 0 Å². The van der Waals surface area contributed by atoms with Gasteiger partial charge in [0, 0.05) is 6.04 Å². The zero-order valence-electron chi connectivity index (χ0n) is 10.1. The van der Waals surface area contributed by atoms with E-state index < -0.39 is 11.6 Å². The van der Waals surface area contributed by atoms with E-state index in [4.69, 9.17) is 4.55 Å². The van der Waals surface area contributed by atoms with Crippen LogP contribution in [0.5, 0.6) is 0 Å². The molecule has 0 amide bonds. The van der Waals surface area contributed by atoms with Crippen LogP contribution >= 0.6 is 12.0 Å². The molecule has 0 aliphatic rings. The van der Waals surface area contributed by atoms with Crippen molar-refractivity contribution in [2.45, 2.75) is 25.2 Å². The molecular formula is C12H17F2NO2S. The van der Waals surface area contributed by atoms with Gasteiger partial charge in [-0.05, 0) is 35.5 Å². The number of hydrogen-bond acceptors (Lipinski definition) is 4. The van der Waals surface area contributed by atoms with E-state index in [0.29, 0.717) is 6.42 Å². The second-order valence-electron chi connectivity index (χ2n) is 4.21. The quantitative estimate of drug-likeness (QED) is 0.717. The lowest BCUT2D eigenvalue weighted by Crippen LogP contribution is -2.43. The predicted octanol–water partition coefficient (Wildman–Crippen LogP) is 2.98. The van der Waals surface area contributed by atoms with E-state index in [1.54, 1.807) is 0 Å². The second kappa shape index (κ2) is 7.68. The number of halogens is 2. The summed E-state index contributed by atoms with van der Waals surface area (Å²) in [5, 5.41) is 2.84. The first kappa shape index (κ1) is 15.4. The molecule has 0 aliphatic heterocycles. The molecule has 1 aromatic rings. The summed E-state index contributed by atoms with van der Waals surface area (Å²) in [7, 11) is 0. The van der Waals surface area contributed by atoms with Gasteiger partial charge >= 0.3 is 0 Å². The molecule has 0 saturated heterocycles. The molecule has 2 N–H and O–H groups in total. The van der Waals surface area contributed by atoms with E-state index in [1.165, 1.54) is 0 Å². The Balaban J connectivity index is 2.38. The van der Waals surface area contributed by atoms with Crippen LogP contribution in [-0.4, -0.2) is 28.7 Å². The highest BCUT2D eigenvalue weighted by atomic mass is 32.2. The van der Waals surface area contributed by atoms with Crippen LogP contribution in [0, 0.1) is 0 Å². The Morgan fingerprint density at radius 2 is 2.11 bits per heavy atom. The molecule has 0 bridgehead atoms. The van der Waals surface area contributed by atoms with Crippen LogP contribution in [0.1, 0.15) is 12.5 Å². The lowest BCUT2D eigenvalue weighted by molar-refractivity contribution is -0.279. The van der Waals surface area contributed by atoms with Crippen molar-refractivity contribution in [3.63, 3.8) is 0 Å². The van der Waals surface area contributed by atoms with Gasteiger partial charge in [0.2, 0.25) is 0 Å². The molecule has 0 saturated carbocycles. The fraction of sp³-hybridized carbons (Fsp3) is 0.500. The number of alkyl halides is 1. The van der Waals surface area contributed by atoms with Gasteiger partial charge in [0.1, 0.15) is 0 Å². The van der Waals surface area contributed by atoms with Gasteiger partial charge in [-0.1, -0.05) is 30.3 Å². The number of hydrogen-bond donors (Lipinski definition) is 2. The Hall–Kier alpha value is -0.690. The minimum absolute atomic E-state index is 0.0265. The van der Waals surface area contributed by atoms with Gasteiger partial charge in [-0.3, -0.25) is 0 Å². The molecule has 0 heterocycles. The maximum absolute atomic E-state index is 13.6. The number of nitrogens with one attached hydrogen (secondary N) is 1. The number of benzene rings is 1. The van der Waals surface area contributed by atoms with Gasteiger partial charge < -0.3 is 9.87 Å². The first-order valence-electron chi connectivity index (χ1n) is 5.62. The predicted molar refractivity (Wildman–Crippen MR) is 68.7 cm³/mol. The third-order valence-electron chi connectivity index (χ3n) is 2.52. The molecule has 1 aromatic carbocycles. The summed E-state index contributed by atoms with van der Waals surface area (Å²) in [5.41, 5.74) is 1.11. The van der Waals surface area contributed by atoms with Crippen LogP contribution in [0.2, 0.25) is 0 Å². The lowest BCUT2D eigenvalue weighted by atomic mass is 10.1. The number of rotatable bonds is 8. The molecule has 1 rings (SSSR count). The lowest BCUT2D eigenvalue weighted by Gasteiger charge is -2.22. The molecule has 2 unspecified atom stereocenters. The Bertz CT molecular complexity index is 342. The Labute approximate surface area is 110 Å². The Kier molecular flexibility index (Phi) is 6.56. The largest absolute Gasteiger partial charge is 0.330 e. The standard InChI is InChI=1S/C12H17F2NO2S/c1-10(7-11-5-3-2-4-6-11)15-8-12(13,17-14)9-18-16/h2-6,10,15-16H,7-9H2,1H3. The molecule has 0 aliphatic carbocycles. The fourth-order valence-electron chi connectivity index (χ4n) is 1.56. The average Bonchev–Trinajstić information content (AvgIpc) is 2.38. The molecule has 102 valence electrons. The first-order chi connectivity index (χ1) is 8.59. The molecular weight excluding hydrogens is 260 g/mol. The summed E-state index contributed by atoms with van der Waals surface area (Å²) in [6.45, 7) is 1.56. The smallest absolute Gasteiger partial charge is 0.269 e. The molecule has 6 heteroatoms. The maximum Gasteiger partial charge on any atom is 0.269 e. The summed E-state index contributed by atoms with van der Waals surface area (Å²) in [5.74, 6) is -2.97. The Morgan fingerprint density at radius 1 is 1.44 bits per heavy atom. The molecule has 2 atom stereocenters. The first-order valence-corrected chi connectivity index (χ1v) is 6.56. The third kappa shape index (κ3) is 5.30. The van der Waals surface area contributed by atoms with E-state index in [1.807, 2.05) is 37.3 Å². The molecule has 0 radical (unpaired) electrons. The van der Waals surface area contributed by atoms with Crippen LogP contribution in [0.15, 0.2) is 30.3 Å². The van der Waals surface area contributed by atoms with Crippen molar-refractivity contribution in [1.82, 2.24) is 5.32 Å². The zero-order chi connectivity index (χ0) is 13.4. The van der Waals surface area contributed by atoms with Gasteiger partial charge in [0.05, 0.1) is 12.3 Å². The third-order valence-corrected chi connectivity index (χ3v) is 3.08. The van der Waals surface area contributed by atoms with Crippen LogP contribution in [0.3, 0.4) is 0 Å². The highest BCUT2D eigenvalue weighted by molar-refractivity contribution is 7.93. The van der Waals surface area contributed by atoms with E-state index in [0.717, 1.165) is 5.56 Å². The fourth-order valence-corrected chi connectivity index (χ4v) is 1.90. The maximum atomic E-state index is 13.6. The van der Waals surface area contributed by atoms with Gasteiger partial charge in [0.15, 0.2) is 0 Å². The minimum atomic E-state index is -2.50. The van der Waals surface area contributed by atoms with Crippen LogP contribution in [0.25, 0.3) is 0 Å². The van der Waals surface area contributed by atoms with Gasteiger partial charge in [-0.25, -0.2) is 4.39 Å². The van der Waals surface area contributed by atoms with Crippen LogP contribution < -0.4 is 5.32 Å². The van der Waals surface area contributed by atoms with Crippen LogP contribution in [0.4, 0.5) is 8.92 Å². The SMILES string of the molecule is CC(Cc1ccccc1)NCC(F)(CSO)OF. The molecule has 0 aromatic heterocycles. The molecule has 0 spiro atoms. The summed E-state index contributed by atoms with van der Waals surface area (Å²) in [4.78, 5) is 3.27. The van der Waals surface area contributed by atoms with Gasteiger partial charge in [-0.15, -0.1) is 0 Å². The normalized spacial score (nSPS) is 16.2. The highest BCUT2D eigenvalue weighted by Crippen LogP contribution is 2.18. The monoisotopic (exact) mass is 277 g/mol. The molecule has 0 fully saturated rings. The van der Waals surface area contributed by atoms with E-state index in [2.05, 4.69) is 10.3 Å². The van der Waals surface area contributed by atoms with Crippen molar-refractivity contribution < 1.29 is 18.4 Å². The van der Waals surface area contributed by atoms with Crippen LogP contribution in [-0.2, 0) is 11.4 Å². The van der Waals surface area contributed by atoms with Crippen molar-refractivity contribution >= 4 is 12.0 Å². The van der Waals surface area contributed by atoms with Crippen molar-refractivity contribution in [3.8, 4) is 0 Å². The summed E-state index contributed by atoms with van der Waals surface area (Å²) in [6, 6.07) is 9.68. The highest BCUT2D eigenvalue weighted by Gasteiger charge is 2.32. The molecule has 18 heavy (non-hydrogen) atoms. The van der Waals surface area contributed by atoms with E-state index in [9.17, 15) is 8.92 Å². The van der Waals surface area contributed by atoms with Crippen molar-refractivity contribution in [2.24, 2.45) is 0 Å². The Morgan fingerprint density at radius 3 is 2.67 bits per heavy atom. The minimum Gasteiger partial charge on any atom is -0.330 e. The average molecular weight is 277 g/mol. The second-order valence-corrected chi connectivity index (χ2v) is 4.75. The van der Waals surface area contributed by atoms with Crippen molar-refractivity contribution in [2.75, 3.05) is 12.3 Å². The summed E-state index contributed by atoms with van der Waals surface area (Å²) < 4.78 is 34.2. The zero-order valence-corrected chi connectivity index (χ0v) is 10.9. The summed E-state index contributed by atoms with van der Waals surface area (Å²) in [6.07, 6.45) is 0.704. The van der Waals surface area contributed by atoms with Gasteiger partial charge in [-0.2, -0.15) is 4.94 Å². The topological polar surface area (TPSA) is 41.5 Å². The van der Waals surface area contributed by atoms with Crippen molar-refractivity contribution in [3.05, 3.63) is 35.9 Å². The molecule has 3 nitrogen and oxygen atoms in total. The van der Waals surface area contributed by atoms with E-state index in [-0.39, 0.29) is 24.6 Å². The van der Waals surface area contributed by atoms with E-state index >= 15 is 0 Å². The van der Waals surface area contributed by atoms with Gasteiger partial charge in [0.25, 0.3) is 5.85 Å².